The Morgan fingerprint density at radius 1 is 0.787 bits per heavy atom. The predicted molar refractivity (Wildman–Crippen MR) is 245 cm³/mol. The largest absolute Gasteiger partial charge is 0.497 e. The summed E-state index contributed by atoms with van der Waals surface area (Å²) in [5.74, 6) is 6.39. The minimum Gasteiger partial charge on any atom is -0.497 e. The zero-order chi connectivity index (χ0) is 43.2. The van der Waals surface area contributed by atoms with Crippen molar-refractivity contribution in [2.45, 2.75) is 136 Å². The Kier molecular flexibility index (Phi) is 14.6. The highest BCUT2D eigenvalue weighted by atomic mass is 16.6. The lowest BCUT2D eigenvalue weighted by Crippen LogP contribution is -2.51. The molecule has 0 bridgehead atoms. The Labute approximate surface area is 367 Å². The molecule has 3 fully saturated rings. The second-order valence-corrected chi connectivity index (χ2v) is 20.1. The summed E-state index contributed by atoms with van der Waals surface area (Å²) in [5, 5.41) is 14.1. The van der Waals surface area contributed by atoms with E-state index in [0.29, 0.717) is 24.8 Å². The quantitative estimate of drug-likeness (QED) is 0.0981. The van der Waals surface area contributed by atoms with Gasteiger partial charge in [-0.15, -0.1) is 0 Å². The maximum absolute atomic E-state index is 13.1. The lowest BCUT2D eigenvalue weighted by Gasteiger charge is -2.58. The predicted octanol–water partition coefficient (Wildman–Crippen LogP) is 12.3. The molecule has 0 aliphatic heterocycles. The maximum atomic E-state index is 13.1. The number of methoxy groups -OCH3 is 2. The molecular weight excluding hydrogens is 759 g/mol. The van der Waals surface area contributed by atoms with Crippen molar-refractivity contribution in [3.8, 4) is 11.5 Å². The van der Waals surface area contributed by atoms with Crippen LogP contribution in [0.2, 0.25) is 0 Å². The first kappa shape index (κ1) is 45.2. The number of rotatable bonds is 18. The fraction of sp³-hybridized carbons (Fsp3) is 0.611. The number of fused-ring (bicyclic) bond motifs is 5. The van der Waals surface area contributed by atoms with Crippen LogP contribution in [0.25, 0.3) is 0 Å². The van der Waals surface area contributed by atoms with E-state index in [1.807, 2.05) is 66.7 Å². The van der Waals surface area contributed by atoms with Crippen LogP contribution in [0.3, 0.4) is 0 Å². The highest BCUT2D eigenvalue weighted by Gasteiger charge is 2.59. The van der Waals surface area contributed by atoms with Crippen LogP contribution in [-0.2, 0) is 15.1 Å². The number of allylic oxidation sites excluding steroid dienone is 1. The first-order valence-corrected chi connectivity index (χ1v) is 23.7. The Hall–Kier alpha value is -3.81. The van der Waals surface area contributed by atoms with Crippen molar-refractivity contribution >= 4 is 6.09 Å². The number of alkyl carbamates (subject to hydrolysis) is 1. The van der Waals surface area contributed by atoms with Crippen molar-refractivity contribution < 1.29 is 28.8 Å². The first-order valence-electron chi connectivity index (χ1n) is 23.7. The highest BCUT2D eigenvalue weighted by molar-refractivity contribution is 5.67. The summed E-state index contributed by atoms with van der Waals surface area (Å²) in [6.45, 7) is 13.1. The molecule has 9 atom stereocenters. The van der Waals surface area contributed by atoms with Gasteiger partial charge in [0.05, 0.1) is 26.9 Å². The highest BCUT2D eigenvalue weighted by Crippen LogP contribution is 2.67. The molecule has 0 radical (unpaired) electrons. The van der Waals surface area contributed by atoms with Gasteiger partial charge in [-0.3, -0.25) is 0 Å². The van der Waals surface area contributed by atoms with Gasteiger partial charge in [0.15, 0.2) is 0 Å². The van der Waals surface area contributed by atoms with Crippen molar-refractivity contribution in [1.29, 1.82) is 0 Å². The van der Waals surface area contributed by atoms with Crippen LogP contribution in [0.4, 0.5) is 4.79 Å². The molecule has 332 valence electrons. The number of benzene rings is 3. The van der Waals surface area contributed by atoms with Crippen LogP contribution in [-0.4, -0.2) is 50.8 Å². The van der Waals surface area contributed by atoms with E-state index < -0.39 is 11.7 Å². The average Bonchev–Trinajstić information content (AvgIpc) is 3.63. The van der Waals surface area contributed by atoms with E-state index in [9.17, 15) is 9.90 Å². The van der Waals surface area contributed by atoms with Crippen molar-refractivity contribution in [1.82, 2.24) is 5.32 Å². The standard InChI is InChI=1S/C54H75NO6/c1-37(2)12-11-13-38(3)48-26-27-49-47-25-20-42-36-46(28-32-52(42,4)50(47)29-33-53(48,49)5)61-51(57)55-34-30-43(56)31-35-60-54(39-14-9-8-10-15-39,40-16-21-44(58-6)22-17-40)41-18-23-45(59-7)24-19-41/h8-10,14-24,37-38,43,46-50,56H,11-13,25-36H2,1-7H3,(H,55,57)/t38-,43?,46?,47+,48-,49+,50+,52+,53-/m1/s1. The molecule has 0 heterocycles. The van der Waals surface area contributed by atoms with Gasteiger partial charge in [-0.1, -0.05) is 120 Å². The Balaban J connectivity index is 0.909. The van der Waals surface area contributed by atoms with E-state index in [1.165, 1.54) is 56.9 Å². The van der Waals surface area contributed by atoms with Gasteiger partial charge in [0.2, 0.25) is 0 Å². The molecule has 3 aromatic rings. The molecule has 4 aliphatic rings. The molecule has 2 N–H and O–H groups in total. The van der Waals surface area contributed by atoms with Gasteiger partial charge in [-0.2, -0.15) is 0 Å². The fourth-order valence-electron chi connectivity index (χ4n) is 12.9. The van der Waals surface area contributed by atoms with E-state index in [0.717, 1.165) is 83.0 Å². The number of aliphatic hydroxyl groups is 1. The SMILES string of the molecule is COc1ccc(C(OCCC(O)CCNC(=O)OC2CC[C@@]3(C)C(=CC[C@H]4[C@@H]5CC[C@H]([C@H](C)CCCC(C)C)[C@@]5(C)CC[C@@H]43)C2)(c2ccccc2)c2ccc(OC)cc2)cc1. The molecule has 7 heteroatoms. The molecular formula is C54H75NO6. The van der Waals surface area contributed by atoms with Crippen LogP contribution in [0, 0.1) is 46.3 Å². The fourth-order valence-corrected chi connectivity index (χ4v) is 12.9. The normalized spacial score (nSPS) is 28.1. The van der Waals surface area contributed by atoms with Crippen molar-refractivity contribution in [2.24, 2.45) is 46.3 Å². The van der Waals surface area contributed by atoms with E-state index in [4.69, 9.17) is 18.9 Å². The Bertz CT molecular complexity index is 1840. The molecule has 61 heavy (non-hydrogen) atoms. The van der Waals surface area contributed by atoms with Crippen LogP contribution in [0.1, 0.15) is 135 Å². The number of ether oxygens (including phenoxy) is 4. The topological polar surface area (TPSA) is 86.2 Å². The molecule has 3 aromatic carbocycles. The Morgan fingerprint density at radius 3 is 2.08 bits per heavy atom. The average molecular weight is 834 g/mol. The molecule has 7 nitrogen and oxygen atoms in total. The molecule has 3 saturated carbocycles. The summed E-state index contributed by atoms with van der Waals surface area (Å²) < 4.78 is 23.9. The van der Waals surface area contributed by atoms with Crippen molar-refractivity contribution in [3.63, 3.8) is 0 Å². The molecule has 2 unspecified atom stereocenters. The zero-order valence-electron chi connectivity index (χ0n) is 38.3. The Morgan fingerprint density at radius 2 is 1.44 bits per heavy atom. The van der Waals surface area contributed by atoms with Crippen LogP contribution in [0.5, 0.6) is 11.5 Å². The number of nitrogens with one attached hydrogen (secondary N) is 1. The second kappa shape index (κ2) is 19.7. The van der Waals surface area contributed by atoms with Gasteiger partial charge < -0.3 is 29.4 Å². The van der Waals surface area contributed by atoms with Gasteiger partial charge in [0.25, 0.3) is 0 Å². The minimum atomic E-state index is -0.950. The number of hydrogen-bond donors (Lipinski definition) is 2. The van der Waals surface area contributed by atoms with Crippen LogP contribution >= 0.6 is 0 Å². The van der Waals surface area contributed by atoms with Gasteiger partial charge >= 0.3 is 6.09 Å². The summed E-state index contributed by atoms with van der Waals surface area (Å²) in [4.78, 5) is 13.1. The first-order chi connectivity index (χ1) is 29.4. The number of amides is 1. The summed E-state index contributed by atoms with van der Waals surface area (Å²) >= 11 is 0. The summed E-state index contributed by atoms with van der Waals surface area (Å²) in [6, 6.07) is 26.1. The number of aliphatic hydroxyl groups excluding tert-OH is 1. The molecule has 1 amide bonds. The van der Waals surface area contributed by atoms with E-state index in [-0.39, 0.29) is 24.2 Å². The lowest BCUT2D eigenvalue weighted by atomic mass is 9.47. The van der Waals surface area contributed by atoms with Crippen molar-refractivity contribution in [2.75, 3.05) is 27.4 Å². The molecule has 4 aliphatic carbocycles. The molecule has 0 spiro atoms. The van der Waals surface area contributed by atoms with E-state index in [2.05, 4.69) is 58.1 Å². The van der Waals surface area contributed by atoms with Crippen LogP contribution < -0.4 is 14.8 Å². The monoisotopic (exact) mass is 834 g/mol. The van der Waals surface area contributed by atoms with Gasteiger partial charge in [-0.05, 0) is 145 Å². The second-order valence-electron chi connectivity index (χ2n) is 20.1. The molecule has 7 rings (SSSR count). The molecule has 0 aromatic heterocycles. The minimum absolute atomic E-state index is 0.104. The maximum Gasteiger partial charge on any atom is 0.407 e. The third-order valence-electron chi connectivity index (χ3n) is 16.2. The van der Waals surface area contributed by atoms with Gasteiger partial charge in [0, 0.05) is 13.0 Å². The summed E-state index contributed by atoms with van der Waals surface area (Å²) in [5.41, 5.74) is 4.14. The number of carbonyl (C=O) groups is 1. The van der Waals surface area contributed by atoms with Crippen molar-refractivity contribution in [3.05, 3.63) is 107 Å². The lowest BCUT2D eigenvalue weighted by molar-refractivity contribution is -0.0581. The smallest absolute Gasteiger partial charge is 0.407 e. The van der Waals surface area contributed by atoms with Gasteiger partial charge in [0.1, 0.15) is 23.2 Å². The third-order valence-corrected chi connectivity index (χ3v) is 16.2. The third kappa shape index (κ3) is 9.59. The van der Waals surface area contributed by atoms with Gasteiger partial charge in [-0.25, -0.2) is 4.79 Å². The van der Waals surface area contributed by atoms with E-state index >= 15 is 0 Å². The van der Waals surface area contributed by atoms with E-state index in [1.54, 1.807) is 14.2 Å². The number of hydrogen-bond acceptors (Lipinski definition) is 6. The summed E-state index contributed by atoms with van der Waals surface area (Å²) in [6.07, 6.45) is 15.9. The number of carbonyl (C=O) groups excluding carboxylic acids is 1. The summed E-state index contributed by atoms with van der Waals surface area (Å²) in [7, 11) is 3.32. The zero-order valence-corrected chi connectivity index (χ0v) is 38.3. The van der Waals surface area contributed by atoms with Crippen LogP contribution in [0.15, 0.2) is 90.5 Å². The molecule has 0 saturated heterocycles.